The van der Waals surface area contributed by atoms with Crippen LogP contribution in [-0.2, 0) is 4.74 Å². The summed E-state index contributed by atoms with van der Waals surface area (Å²) in [6.07, 6.45) is 2.06. The molecule has 3 heterocycles. The lowest BCUT2D eigenvalue weighted by Crippen LogP contribution is -2.43. The van der Waals surface area contributed by atoms with Crippen LogP contribution in [0.4, 0.5) is 5.13 Å². The van der Waals surface area contributed by atoms with Gasteiger partial charge in [0.25, 0.3) is 5.91 Å². The van der Waals surface area contributed by atoms with Crippen LogP contribution in [0.25, 0.3) is 10.2 Å². The maximum atomic E-state index is 13.2. The number of benzene rings is 1. The van der Waals surface area contributed by atoms with Crippen LogP contribution in [0.2, 0.25) is 4.34 Å². The summed E-state index contributed by atoms with van der Waals surface area (Å²) in [5.41, 5.74) is 0.922. The van der Waals surface area contributed by atoms with E-state index in [4.69, 9.17) is 21.3 Å². The van der Waals surface area contributed by atoms with Crippen molar-refractivity contribution in [3.8, 4) is 0 Å². The molecule has 10 heteroatoms. The van der Waals surface area contributed by atoms with Crippen molar-refractivity contribution in [2.24, 2.45) is 0 Å². The number of morpholine rings is 1. The van der Waals surface area contributed by atoms with Crippen molar-refractivity contribution in [3.05, 3.63) is 39.5 Å². The number of hydrogen-bond acceptors (Lipinski definition) is 7. The Morgan fingerprint density at radius 3 is 2.76 bits per heavy atom. The molecule has 1 saturated heterocycles. The molecule has 0 atom stereocenters. The van der Waals surface area contributed by atoms with Crippen LogP contribution < -0.4 is 4.90 Å². The van der Waals surface area contributed by atoms with Crippen LogP contribution >= 0.6 is 58.4 Å². The topological polar surface area (TPSA) is 45.7 Å². The van der Waals surface area contributed by atoms with Gasteiger partial charge in [0.05, 0.1) is 32.6 Å². The molecule has 1 amide bonds. The fourth-order valence-electron chi connectivity index (χ4n) is 3.05. The Morgan fingerprint density at radius 2 is 2.07 bits per heavy atom. The highest BCUT2D eigenvalue weighted by molar-refractivity contribution is 7.98. The number of amides is 1. The molecule has 0 bridgehead atoms. The van der Waals surface area contributed by atoms with Crippen molar-refractivity contribution in [1.29, 1.82) is 0 Å². The maximum Gasteiger partial charge on any atom is 0.270 e. The predicted octanol–water partition coefficient (Wildman–Crippen LogP) is 5.13. The summed E-state index contributed by atoms with van der Waals surface area (Å²) in [5.74, 6) is -0.0469. The summed E-state index contributed by atoms with van der Waals surface area (Å²) in [4.78, 5) is 23.9. The van der Waals surface area contributed by atoms with E-state index in [2.05, 4.69) is 23.3 Å². The van der Waals surface area contributed by atoms with E-state index < -0.39 is 0 Å². The van der Waals surface area contributed by atoms with E-state index in [1.807, 2.05) is 6.07 Å². The van der Waals surface area contributed by atoms with E-state index in [1.54, 1.807) is 40.1 Å². The van der Waals surface area contributed by atoms with Gasteiger partial charge in [0, 0.05) is 31.1 Å². The first-order valence-corrected chi connectivity index (χ1v) is 12.2. The molecule has 0 spiro atoms. The van der Waals surface area contributed by atoms with Gasteiger partial charge in [0.15, 0.2) is 5.13 Å². The zero-order chi connectivity index (χ0) is 19.5. The highest BCUT2D eigenvalue weighted by Gasteiger charge is 2.24. The van der Waals surface area contributed by atoms with Crippen LogP contribution in [0, 0.1) is 0 Å². The summed E-state index contributed by atoms with van der Waals surface area (Å²) >= 11 is 10.6. The number of halogens is 2. The maximum absolute atomic E-state index is 13.2. The smallest absolute Gasteiger partial charge is 0.270 e. The third-order valence-electron chi connectivity index (χ3n) is 4.59. The summed E-state index contributed by atoms with van der Waals surface area (Å²) in [6.45, 7) is 4.65. The number of thioether (sulfide) groups is 1. The molecular weight excluding hydrogens is 469 g/mol. The standard InChI is InChI=1S/C19H20ClN3O2S3.ClH/c1-26-13-2-3-14-16(12-13)28-19(21-14)23(7-6-22-8-10-25-11-9-22)18(24)15-4-5-17(20)27-15;/h2-5,12H,6-11H2,1H3;1H. The average Bonchev–Trinajstić information content (AvgIpc) is 3.34. The molecule has 0 aliphatic carbocycles. The second-order valence-corrected chi connectivity index (χ2v) is 9.95. The molecule has 156 valence electrons. The number of thiophene rings is 1. The number of nitrogens with zero attached hydrogens (tertiary/aromatic N) is 3. The molecule has 4 rings (SSSR count). The number of carbonyl (C=O) groups excluding carboxylic acids is 1. The Kier molecular flexibility index (Phi) is 8.21. The molecule has 2 aromatic heterocycles. The molecule has 0 unspecified atom stereocenters. The van der Waals surface area contributed by atoms with Gasteiger partial charge in [0.2, 0.25) is 0 Å². The van der Waals surface area contributed by atoms with E-state index >= 15 is 0 Å². The third-order valence-corrected chi connectivity index (χ3v) is 7.57. The molecule has 1 aromatic carbocycles. The molecule has 1 aliphatic rings. The molecule has 0 saturated carbocycles. The lowest BCUT2D eigenvalue weighted by molar-refractivity contribution is 0.0391. The number of carbonyl (C=O) groups is 1. The fourth-order valence-corrected chi connectivity index (χ4v) is 5.58. The molecule has 0 radical (unpaired) electrons. The van der Waals surface area contributed by atoms with Crippen molar-refractivity contribution in [3.63, 3.8) is 0 Å². The SMILES string of the molecule is CSc1ccc2nc(N(CCN3CCOCC3)C(=O)c3ccc(Cl)s3)sc2c1.Cl. The highest BCUT2D eigenvalue weighted by Crippen LogP contribution is 2.33. The normalized spacial score (nSPS) is 14.7. The van der Waals surface area contributed by atoms with Crippen LogP contribution in [0.5, 0.6) is 0 Å². The summed E-state index contributed by atoms with van der Waals surface area (Å²) in [5, 5.41) is 0.732. The second-order valence-electron chi connectivity index (χ2n) is 6.34. The van der Waals surface area contributed by atoms with Crippen molar-refractivity contribution in [2.75, 3.05) is 50.5 Å². The number of ether oxygens (including phenoxy) is 1. The van der Waals surface area contributed by atoms with Crippen molar-refractivity contribution in [2.45, 2.75) is 4.90 Å². The monoisotopic (exact) mass is 489 g/mol. The molecular formula is C19H21Cl2N3O2S3. The minimum Gasteiger partial charge on any atom is -0.379 e. The van der Waals surface area contributed by atoms with Gasteiger partial charge in [-0.15, -0.1) is 35.5 Å². The van der Waals surface area contributed by atoms with E-state index in [9.17, 15) is 4.79 Å². The third kappa shape index (κ3) is 5.44. The minimum absolute atomic E-state index is 0. The van der Waals surface area contributed by atoms with E-state index in [1.165, 1.54) is 16.2 Å². The van der Waals surface area contributed by atoms with Gasteiger partial charge in [-0.1, -0.05) is 22.9 Å². The molecule has 29 heavy (non-hydrogen) atoms. The number of rotatable bonds is 6. The molecule has 1 aliphatic heterocycles. The molecule has 5 nitrogen and oxygen atoms in total. The molecule has 1 fully saturated rings. The number of hydrogen-bond donors (Lipinski definition) is 0. The van der Waals surface area contributed by atoms with Gasteiger partial charge in [-0.25, -0.2) is 4.98 Å². The van der Waals surface area contributed by atoms with Crippen molar-refractivity contribution in [1.82, 2.24) is 9.88 Å². The van der Waals surface area contributed by atoms with Gasteiger partial charge in [-0.3, -0.25) is 14.6 Å². The first-order chi connectivity index (χ1) is 13.6. The van der Waals surface area contributed by atoms with Crippen molar-refractivity contribution < 1.29 is 9.53 Å². The Balaban J connectivity index is 0.00000240. The van der Waals surface area contributed by atoms with Gasteiger partial charge in [-0.05, 0) is 36.6 Å². The lowest BCUT2D eigenvalue weighted by atomic mass is 10.3. The highest BCUT2D eigenvalue weighted by atomic mass is 35.5. The average molecular weight is 491 g/mol. The van der Waals surface area contributed by atoms with Gasteiger partial charge in [0.1, 0.15) is 0 Å². The van der Waals surface area contributed by atoms with Crippen LogP contribution in [0.15, 0.2) is 35.2 Å². The molecule has 0 N–H and O–H groups in total. The first kappa shape index (κ1) is 22.8. The molecule has 3 aromatic rings. The van der Waals surface area contributed by atoms with Gasteiger partial charge in [-0.2, -0.15) is 0 Å². The number of aromatic nitrogens is 1. The zero-order valence-electron chi connectivity index (χ0n) is 15.8. The number of fused-ring (bicyclic) bond motifs is 1. The van der Waals surface area contributed by atoms with Gasteiger partial charge >= 0.3 is 0 Å². The summed E-state index contributed by atoms with van der Waals surface area (Å²) < 4.78 is 7.13. The quantitative estimate of drug-likeness (QED) is 0.448. The minimum atomic E-state index is -0.0469. The Morgan fingerprint density at radius 1 is 1.28 bits per heavy atom. The predicted molar refractivity (Wildman–Crippen MR) is 127 cm³/mol. The second kappa shape index (κ2) is 10.4. The van der Waals surface area contributed by atoms with Crippen molar-refractivity contribution >= 4 is 79.7 Å². The Labute approximate surface area is 193 Å². The summed E-state index contributed by atoms with van der Waals surface area (Å²) in [7, 11) is 0. The van der Waals surface area contributed by atoms with Crippen LogP contribution in [0.1, 0.15) is 9.67 Å². The van der Waals surface area contributed by atoms with Gasteiger partial charge < -0.3 is 4.74 Å². The van der Waals surface area contributed by atoms with E-state index in [0.29, 0.717) is 15.8 Å². The Bertz CT molecular complexity index is 973. The van der Waals surface area contributed by atoms with Crippen LogP contribution in [0.3, 0.4) is 0 Å². The zero-order valence-corrected chi connectivity index (χ0v) is 19.8. The Hall–Kier alpha value is -0.870. The number of anilines is 1. The summed E-state index contributed by atoms with van der Waals surface area (Å²) in [6, 6.07) is 9.77. The van der Waals surface area contributed by atoms with E-state index in [-0.39, 0.29) is 18.3 Å². The first-order valence-electron chi connectivity index (χ1n) is 8.96. The largest absolute Gasteiger partial charge is 0.379 e. The lowest BCUT2D eigenvalue weighted by Gasteiger charge is -2.29. The fraction of sp³-hybridized carbons (Fsp3) is 0.368. The van der Waals surface area contributed by atoms with E-state index in [0.717, 1.165) is 48.2 Å². The number of thiazole rings is 1. The van der Waals surface area contributed by atoms with Crippen LogP contribution in [-0.4, -0.2) is 61.4 Å².